The Hall–Kier alpha value is -1.37. The highest BCUT2D eigenvalue weighted by atomic mass is 127. The third-order valence-corrected chi connectivity index (χ3v) is 3.65. The van der Waals surface area contributed by atoms with Crippen LogP contribution in [0.1, 0.15) is 11.4 Å². The largest absolute Gasteiger partial charge is 0.397 e. The van der Waals surface area contributed by atoms with Gasteiger partial charge in [-0.05, 0) is 47.7 Å². The van der Waals surface area contributed by atoms with E-state index < -0.39 is 0 Å². The van der Waals surface area contributed by atoms with Gasteiger partial charge in [-0.3, -0.25) is 4.98 Å². The van der Waals surface area contributed by atoms with Crippen molar-refractivity contribution in [1.82, 2.24) is 4.98 Å². The van der Waals surface area contributed by atoms with Crippen LogP contribution in [-0.2, 0) is 6.54 Å². The van der Waals surface area contributed by atoms with Crippen LogP contribution in [0.15, 0.2) is 30.3 Å². The zero-order valence-corrected chi connectivity index (χ0v) is 13.0. The molecule has 0 aliphatic heterocycles. The fourth-order valence-corrected chi connectivity index (χ4v) is 2.39. The number of hydrogen-bond donors (Lipinski definition) is 1. The van der Waals surface area contributed by atoms with E-state index in [1.54, 1.807) is 6.07 Å². The Morgan fingerprint density at radius 1 is 1.37 bits per heavy atom. The predicted octanol–water partition coefficient (Wildman–Crippen LogP) is 3.35. The van der Waals surface area contributed by atoms with Crippen LogP contribution in [0.5, 0.6) is 0 Å². The first kappa shape index (κ1) is 14.0. The number of hydrogen-bond acceptors (Lipinski definition) is 3. The van der Waals surface area contributed by atoms with Crippen molar-refractivity contribution in [3.63, 3.8) is 0 Å². The lowest BCUT2D eigenvalue weighted by Gasteiger charge is -2.21. The van der Waals surface area contributed by atoms with Crippen molar-refractivity contribution < 1.29 is 4.39 Å². The molecule has 100 valence electrons. The van der Waals surface area contributed by atoms with Crippen molar-refractivity contribution >= 4 is 34.0 Å². The van der Waals surface area contributed by atoms with E-state index in [-0.39, 0.29) is 5.82 Å². The minimum atomic E-state index is -0.256. The minimum absolute atomic E-state index is 0.256. The van der Waals surface area contributed by atoms with Gasteiger partial charge in [0.05, 0.1) is 27.2 Å². The number of rotatable bonds is 3. The third kappa shape index (κ3) is 3.34. The van der Waals surface area contributed by atoms with Crippen LogP contribution < -0.4 is 10.6 Å². The molecular formula is C14H15FIN3. The van der Waals surface area contributed by atoms with E-state index >= 15 is 0 Å². The number of benzene rings is 1. The number of aromatic nitrogens is 1. The van der Waals surface area contributed by atoms with E-state index in [2.05, 4.69) is 4.98 Å². The zero-order chi connectivity index (χ0) is 14.0. The molecule has 0 spiro atoms. The third-order valence-electron chi connectivity index (χ3n) is 2.83. The molecule has 1 aromatic heterocycles. The molecule has 0 atom stereocenters. The van der Waals surface area contributed by atoms with Crippen molar-refractivity contribution in [3.05, 3.63) is 51.1 Å². The molecule has 1 heterocycles. The van der Waals surface area contributed by atoms with Gasteiger partial charge in [0.25, 0.3) is 0 Å². The van der Waals surface area contributed by atoms with Crippen molar-refractivity contribution in [2.24, 2.45) is 0 Å². The molecule has 0 saturated heterocycles. The van der Waals surface area contributed by atoms with Crippen molar-refractivity contribution in [3.8, 4) is 0 Å². The summed E-state index contributed by atoms with van der Waals surface area (Å²) in [4.78, 5) is 6.33. The number of pyridine rings is 1. The highest BCUT2D eigenvalue weighted by Crippen LogP contribution is 2.27. The molecule has 0 radical (unpaired) electrons. The summed E-state index contributed by atoms with van der Waals surface area (Å²) in [5.41, 5.74) is 9.09. The van der Waals surface area contributed by atoms with Gasteiger partial charge in [0.15, 0.2) is 0 Å². The van der Waals surface area contributed by atoms with Crippen LogP contribution in [0.2, 0.25) is 0 Å². The van der Waals surface area contributed by atoms with Gasteiger partial charge in [0.2, 0.25) is 0 Å². The molecule has 1 aromatic carbocycles. The molecule has 0 aliphatic carbocycles. The van der Waals surface area contributed by atoms with E-state index in [1.807, 2.05) is 59.7 Å². The summed E-state index contributed by atoms with van der Waals surface area (Å²) >= 11 is 1.93. The first-order chi connectivity index (χ1) is 8.97. The van der Waals surface area contributed by atoms with Gasteiger partial charge in [-0.25, -0.2) is 4.39 Å². The van der Waals surface area contributed by atoms with Gasteiger partial charge in [-0.15, -0.1) is 0 Å². The molecule has 5 heteroatoms. The number of aryl methyl sites for hydroxylation is 1. The summed E-state index contributed by atoms with van der Waals surface area (Å²) in [5, 5.41) is 0. The molecule has 3 nitrogen and oxygen atoms in total. The molecule has 0 amide bonds. The average Bonchev–Trinajstić information content (AvgIpc) is 2.33. The van der Waals surface area contributed by atoms with Crippen LogP contribution in [-0.4, -0.2) is 12.0 Å². The Labute approximate surface area is 125 Å². The second-order valence-corrected chi connectivity index (χ2v) is 5.61. The van der Waals surface area contributed by atoms with E-state index in [1.165, 1.54) is 6.07 Å². The maximum atomic E-state index is 13.6. The smallest absolute Gasteiger partial charge is 0.138 e. The molecule has 2 rings (SSSR count). The number of nitrogens with two attached hydrogens (primary N) is 1. The SMILES string of the molecule is Cc1cccc(CN(C)c2cc(F)c(I)cc2N)n1. The van der Waals surface area contributed by atoms with E-state index in [9.17, 15) is 4.39 Å². The molecule has 0 fully saturated rings. The number of halogens is 2. The van der Waals surface area contributed by atoms with Gasteiger partial charge in [0, 0.05) is 18.8 Å². The summed E-state index contributed by atoms with van der Waals surface area (Å²) in [6, 6.07) is 8.97. The fraction of sp³-hybridized carbons (Fsp3) is 0.214. The Balaban J connectivity index is 2.25. The van der Waals surface area contributed by atoms with Crippen LogP contribution in [0.4, 0.5) is 15.8 Å². The average molecular weight is 371 g/mol. The lowest BCUT2D eigenvalue weighted by molar-refractivity contribution is 0.620. The standard InChI is InChI=1S/C14H15FIN3/c1-9-4-3-5-10(18-9)8-19(2)14-6-11(15)12(16)7-13(14)17/h3-7H,8,17H2,1-2H3. The highest BCUT2D eigenvalue weighted by Gasteiger charge is 2.11. The molecule has 0 unspecified atom stereocenters. The monoisotopic (exact) mass is 371 g/mol. The maximum absolute atomic E-state index is 13.6. The summed E-state index contributed by atoms with van der Waals surface area (Å²) in [5.74, 6) is -0.256. The summed E-state index contributed by atoms with van der Waals surface area (Å²) < 4.78 is 14.1. The number of anilines is 2. The number of nitrogen functional groups attached to an aromatic ring is 1. The van der Waals surface area contributed by atoms with E-state index in [0.29, 0.717) is 21.5 Å². The van der Waals surface area contributed by atoms with Gasteiger partial charge in [0.1, 0.15) is 5.82 Å². The fourth-order valence-electron chi connectivity index (χ4n) is 1.90. The first-order valence-corrected chi connectivity index (χ1v) is 6.93. The van der Waals surface area contributed by atoms with Crippen molar-refractivity contribution in [2.75, 3.05) is 17.7 Å². The molecule has 2 N–H and O–H groups in total. The normalized spacial score (nSPS) is 10.5. The van der Waals surface area contributed by atoms with E-state index in [4.69, 9.17) is 5.73 Å². The molecule has 0 saturated carbocycles. The highest BCUT2D eigenvalue weighted by molar-refractivity contribution is 14.1. The second-order valence-electron chi connectivity index (χ2n) is 4.45. The second kappa shape index (κ2) is 5.73. The molecule has 2 aromatic rings. The van der Waals surface area contributed by atoms with Crippen LogP contribution >= 0.6 is 22.6 Å². The summed E-state index contributed by atoms with van der Waals surface area (Å²) in [6.45, 7) is 2.54. The topological polar surface area (TPSA) is 42.1 Å². The Morgan fingerprint density at radius 2 is 2.11 bits per heavy atom. The van der Waals surface area contributed by atoms with Crippen LogP contribution in [0, 0.1) is 16.3 Å². The zero-order valence-electron chi connectivity index (χ0n) is 10.8. The predicted molar refractivity (Wildman–Crippen MR) is 84.6 cm³/mol. The molecule has 19 heavy (non-hydrogen) atoms. The molecule has 0 aliphatic rings. The minimum Gasteiger partial charge on any atom is -0.397 e. The quantitative estimate of drug-likeness (QED) is 0.665. The lowest BCUT2D eigenvalue weighted by atomic mass is 10.2. The summed E-state index contributed by atoms with van der Waals surface area (Å²) in [6.07, 6.45) is 0. The number of nitrogens with zero attached hydrogens (tertiary/aromatic N) is 2. The molecule has 0 bridgehead atoms. The van der Waals surface area contributed by atoms with E-state index in [0.717, 1.165) is 11.4 Å². The Bertz CT molecular complexity index is 601. The van der Waals surface area contributed by atoms with Gasteiger partial charge in [-0.2, -0.15) is 0 Å². The van der Waals surface area contributed by atoms with Gasteiger partial charge >= 0.3 is 0 Å². The van der Waals surface area contributed by atoms with Gasteiger partial charge in [-0.1, -0.05) is 6.07 Å². The Kier molecular flexibility index (Phi) is 4.24. The van der Waals surface area contributed by atoms with Crippen molar-refractivity contribution in [2.45, 2.75) is 13.5 Å². The summed E-state index contributed by atoms with van der Waals surface area (Å²) in [7, 11) is 1.88. The van der Waals surface area contributed by atoms with Crippen molar-refractivity contribution in [1.29, 1.82) is 0 Å². The first-order valence-electron chi connectivity index (χ1n) is 5.85. The van der Waals surface area contributed by atoms with Crippen LogP contribution in [0.25, 0.3) is 0 Å². The van der Waals surface area contributed by atoms with Crippen LogP contribution in [0.3, 0.4) is 0 Å². The maximum Gasteiger partial charge on any atom is 0.138 e. The Morgan fingerprint density at radius 3 is 2.79 bits per heavy atom. The molecular weight excluding hydrogens is 356 g/mol. The lowest BCUT2D eigenvalue weighted by Crippen LogP contribution is -2.19. The van der Waals surface area contributed by atoms with Gasteiger partial charge < -0.3 is 10.6 Å².